The van der Waals surface area contributed by atoms with Crippen LogP contribution < -0.4 is 0 Å². The molecule has 0 spiro atoms. The second-order valence-corrected chi connectivity index (χ2v) is 4.23. The average Bonchev–Trinajstić information content (AvgIpc) is 2.79. The second-order valence-electron chi connectivity index (χ2n) is 3.82. The Balaban J connectivity index is 2.39. The van der Waals surface area contributed by atoms with Gasteiger partial charge in [0.15, 0.2) is 0 Å². The van der Waals surface area contributed by atoms with E-state index in [1.165, 1.54) is 4.68 Å². The van der Waals surface area contributed by atoms with Crippen molar-refractivity contribution in [2.75, 3.05) is 0 Å². The molecule has 0 N–H and O–H groups in total. The maximum atomic E-state index is 12.2. The fourth-order valence-electron chi connectivity index (χ4n) is 1.67. The summed E-state index contributed by atoms with van der Waals surface area (Å²) >= 11 is 6.01. The molecule has 0 aliphatic rings. The Morgan fingerprint density at radius 1 is 1.44 bits per heavy atom. The van der Waals surface area contributed by atoms with Crippen LogP contribution in [-0.2, 0) is 7.05 Å². The number of nitriles is 1. The third-order valence-electron chi connectivity index (χ3n) is 2.57. The van der Waals surface area contributed by atoms with Gasteiger partial charge >= 0.3 is 0 Å². The highest BCUT2D eigenvalue weighted by Gasteiger charge is 2.25. The maximum Gasteiger partial charge on any atom is 0.204 e. The molecular formula is C13H10ClN3O. The zero-order valence-corrected chi connectivity index (χ0v) is 10.4. The van der Waals surface area contributed by atoms with Gasteiger partial charge in [-0.2, -0.15) is 10.4 Å². The predicted octanol–water partition coefficient (Wildman–Crippen LogP) is 2.56. The first-order chi connectivity index (χ1) is 8.63. The van der Waals surface area contributed by atoms with Gasteiger partial charge in [-0.25, -0.2) is 0 Å². The van der Waals surface area contributed by atoms with Gasteiger partial charge in [-0.3, -0.25) is 9.48 Å². The number of benzene rings is 1. The monoisotopic (exact) mass is 259 g/mol. The fraction of sp³-hybridized carbons (Fsp3) is 0.154. The summed E-state index contributed by atoms with van der Waals surface area (Å²) in [5, 5.41) is 13.6. The number of ketones is 1. The highest BCUT2D eigenvalue weighted by molar-refractivity contribution is 6.31. The normalized spacial score (nSPS) is 11.8. The zero-order valence-electron chi connectivity index (χ0n) is 9.67. The average molecular weight is 260 g/mol. The third-order valence-corrected chi connectivity index (χ3v) is 2.92. The molecule has 1 aromatic heterocycles. The molecule has 5 heteroatoms. The lowest BCUT2D eigenvalue weighted by Crippen LogP contribution is -2.12. The summed E-state index contributed by atoms with van der Waals surface area (Å²) < 4.78 is 1.52. The van der Waals surface area contributed by atoms with Crippen LogP contribution in [0.15, 0.2) is 36.5 Å². The van der Waals surface area contributed by atoms with Crippen molar-refractivity contribution in [1.82, 2.24) is 9.78 Å². The first kappa shape index (κ1) is 12.3. The van der Waals surface area contributed by atoms with Crippen LogP contribution in [0.1, 0.15) is 22.0 Å². The highest BCUT2D eigenvalue weighted by Crippen LogP contribution is 2.26. The van der Waals surface area contributed by atoms with Crippen LogP contribution in [0.25, 0.3) is 0 Å². The lowest BCUT2D eigenvalue weighted by Gasteiger charge is -2.08. The van der Waals surface area contributed by atoms with Gasteiger partial charge in [-0.15, -0.1) is 0 Å². The van der Waals surface area contributed by atoms with Crippen molar-refractivity contribution >= 4 is 17.4 Å². The Morgan fingerprint density at radius 3 is 2.72 bits per heavy atom. The van der Waals surface area contributed by atoms with Gasteiger partial charge in [-0.1, -0.05) is 29.8 Å². The van der Waals surface area contributed by atoms with Crippen LogP contribution in [-0.4, -0.2) is 15.6 Å². The minimum atomic E-state index is -0.923. The predicted molar refractivity (Wildman–Crippen MR) is 67.3 cm³/mol. The van der Waals surface area contributed by atoms with Gasteiger partial charge in [0.05, 0.1) is 6.07 Å². The van der Waals surface area contributed by atoms with Crippen molar-refractivity contribution in [1.29, 1.82) is 5.26 Å². The number of halogens is 1. The standard InChI is InChI=1S/C13H10ClN3O/c1-17-7-6-12(16-17)13(18)10(8-15)9-4-2-3-5-11(9)14/h2-7,10H,1H3. The van der Waals surface area contributed by atoms with E-state index in [1.807, 2.05) is 6.07 Å². The first-order valence-corrected chi connectivity index (χ1v) is 5.69. The van der Waals surface area contributed by atoms with E-state index in [0.717, 1.165) is 0 Å². The third kappa shape index (κ3) is 2.27. The van der Waals surface area contributed by atoms with Crippen molar-refractivity contribution < 1.29 is 4.79 Å². The van der Waals surface area contributed by atoms with Crippen molar-refractivity contribution in [2.45, 2.75) is 5.92 Å². The molecule has 2 rings (SSSR count). The number of aromatic nitrogens is 2. The van der Waals surface area contributed by atoms with E-state index >= 15 is 0 Å². The topological polar surface area (TPSA) is 58.7 Å². The summed E-state index contributed by atoms with van der Waals surface area (Å²) in [7, 11) is 1.72. The Labute approximate surface area is 109 Å². The van der Waals surface area contributed by atoms with Crippen LogP contribution in [0.4, 0.5) is 0 Å². The van der Waals surface area contributed by atoms with Crippen LogP contribution >= 0.6 is 11.6 Å². The number of nitrogens with zero attached hydrogens (tertiary/aromatic N) is 3. The molecule has 0 radical (unpaired) electrons. The lowest BCUT2D eigenvalue weighted by molar-refractivity contribution is 0.0973. The number of carbonyl (C=O) groups is 1. The van der Waals surface area contributed by atoms with Gasteiger partial charge in [0.25, 0.3) is 0 Å². The molecule has 0 amide bonds. The molecule has 1 unspecified atom stereocenters. The minimum absolute atomic E-state index is 0.268. The second kappa shape index (κ2) is 5.03. The molecule has 4 nitrogen and oxygen atoms in total. The van der Waals surface area contributed by atoms with E-state index in [4.69, 9.17) is 11.6 Å². The molecule has 1 aromatic carbocycles. The largest absolute Gasteiger partial charge is 0.290 e. The molecule has 2 aromatic rings. The molecule has 0 aliphatic heterocycles. The summed E-state index contributed by atoms with van der Waals surface area (Å²) in [5.74, 6) is -1.26. The number of hydrogen-bond acceptors (Lipinski definition) is 3. The van der Waals surface area contributed by atoms with E-state index in [1.54, 1.807) is 43.6 Å². The van der Waals surface area contributed by atoms with Crippen LogP contribution in [0.2, 0.25) is 5.02 Å². The number of aryl methyl sites for hydroxylation is 1. The van der Waals surface area contributed by atoms with E-state index in [0.29, 0.717) is 10.6 Å². The van der Waals surface area contributed by atoms with Crippen molar-refractivity contribution in [2.24, 2.45) is 7.05 Å². The minimum Gasteiger partial charge on any atom is -0.290 e. The molecule has 90 valence electrons. The summed E-state index contributed by atoms with van der Waals surface area (Å²) in [6, 6.07) is 10.4. The van der Waals surface area contributed by atoms with E-state index < -0.39 is 5.92 Å². The van der Waals surface area contributed by atoms with Crippen LogP contribution in [0, 0.1) is 11.3 Å². The number of carbonyl (C=O) groups excluding carboxylic acids is 1. The summed E-state index contributed by atoms with van der Waals surface area (Å²) in [5.41, 5.74) is 0.779. The van der Waals surface area contributed by atoms with Crippen LogP contribution in [0.3, 0.4) is 0 Å². The molecule has 18 heavy (non-hydrogen) atoms. The molecular weight excluding hydrogens is 250 g/mol. The van der Waals surface area contributed by atoms with Gasteiger partial charge in [-0.05, 0) is 17.7 Å². The van der Waals surface area contributed by atoms with Crippen molar-refractivity contribution in [3.63, 3.8) is 0 Å². The zero-order chi connectivity index (χ0) is 13.1. The first-order valence-electron chi connectivity index (χ1n) is 5.31. The summed E-state index contributed by atoms with van der Waals surface area (Å²) in [4.78, 5) is 12.2. The Kier molecular flexibility index (Phi) is 3.45. The number of rotatable bonds is 3. The molecule has 0 bridgehead atoms. The number of hydrogen-bond donors (Lipinski definition) is 0. The summed E-state index contributed by atoms with van der Waals surface area (Å²) in [6.07, 6.45) is 1.66. The van der Waals surface area contributed by atoms with E-state index in [-0.39, 0.29) is 11.5 Å². The van der Waals surface area contributed by atoms with Gasteiger partial charge in [0.2, 0.25) is 5.78 Å². The van der Waals surface area contributed by atoms with Gasteiger partial charge < -0.3 is 0 Å². The Hall–Kier alpha value is -2.12. The van der Waals surface area contributed by atoms with Crippen molar-refractivity contribution in [3.8, 4) is 6.07 Å². The fourth-order valence-corrected chi connectivity index (χ4v) is 1.92. The Morgan fingerprint density at radius 2 is 2.17 bits per heavy atom. The molecule has 0 saturated carbocycles. The molecule has 0 fully saturated rings. The maximum absolute atomic E-state index is 12.2. The lowest BCUT2D eigenvalue weighted by atomic mass is 9.94. The Bertz CT molecular complexity index is 627. The number of Topliss-reactive ketones (excluding diaryl/α,β-unsaturated/α-hetero) is 1. The van der Waals surface area contributed by atoms with E-state index in [2.05, 4.69) is 5.10 Å². The molecule has 1 heterocycles. The summed E-state index contributed by atoms with van der Waals surface area (Å²) in [6.45, 7) is 0. The molecule has 0 saturated heterocycles. The molecule has 0 aliphatic carbocycles. The SMILES string of the molecule is Cn1ccc(C(=O)C(C#N)c2ccccc2Cl)n1. The molecule has 1 atom stereocenters. The quantitative estimate of drug-likeness (QED) is 0.796. The van der Waals surface area contributed by atoms with Crippen molar-refractivity contribution in [3.05, 3.63) is 52.8 Å². The van der Waals surface area contributed by atoms with E-state index in [9.17, 15) is 10.1 Å². The van der Waals surface area contributed by atoms with Crippen LogP contribution in [0.5, 0.6) is 0 Å². The van der Waals surface area contributed by atoms with Gasteiger partial charge in [0, 0.05) is 18.3 Å². The highest BCUT2D eigenvalue weighted by atomic mass is 35.5. The smallest absolute Gasteiger partial charge is 0.204 e. The van der Waals surface area contributed by atoms with Gasteiger partial charge in [0.1, 0.15) is 11.6 Å².